The minimum absolute atomic E-state index is 0.0619. The van der Waals surface area contributed by atoms with Crippen molar-refractivity contribution in [3.05, 3.63) is 89.2 Å². The third-order valence-corrected chi connectivity index (χ3v) is 4.10. The van der Waals surface area contributed by atoms with E-state index < -0.39 is 17.8 Å². The minimum atomic E-state index is -0.920. The van der Waals surface area contributed by atoms with Crippen LogP contribution in [0.15, 0.2) is 66.9 Å². The van der Waals surface area contributed by atoms with Gasteiger partial charge >= 0.3 is 5.97 Å². The highest BCUT2D eigenvalue weighted by atomic mass is 16.7. The molecule has 4 rings (SSSR count). The molecule has 2 aromatic carbocycles. The Balaban J connectivity index is 1.46. The van der Waals surface area contributed by atoms with Crippen molar-refractivity contribution in [2.75, 3.05) is 0 Å². The molecule has 0 aliphatic carbocycles. The predicted octanol–water partition coefficient (Wildman–Crippen LogP) is 3.55. The molecule has 28 heavy (non-hydrogen) atoms. The number of rotatable bonds is 4. The van der Waals surface area contributed by atoms with Crippen LogP contribution in [0.2, 0.25) is 0 Å². The van der Waals surface area contributed by atoms with Crippen LogP contribution >= 0.6 is 0 Å². The van der Waals surface area contributed by atoms with E-state index in [1.807, 2.05) is 25.1 Å². The van der Waals surface area contributed by atoms with E-state index in [2.05, 4.69) is 4.98 Å². The van der Waals surface area contributed by atoms with Gasteiger partial charge < -0.3 is 9.57 Å². The standard InChI is InChI=1S/C21H14N2O5/c1-13-5-4-6-14(11-13)27-15-9-10-18(22-12-15)21(26)28-23-19(24)16-7-2-3-8-17(16)20(23)25/h2-12H,1H3. The lowest BCUT2D eigenvalue weighted by atomic mass is 10.1. The Bertz CT molecular complexity index is 1060. The molecule has 1 aliphatic rings. The van der Waals surface area contributed by atoms with Gasteiger partial charge in [0.05, 0.1) is 17.3 Å². The quantitative estimate of drug-likeness (QED) is 0.649. The maximum absolute atomic E-state index is 12.3. The maximum Gasteiger partial charge on any atom is 0.382 e. The van der Waals surface area contributed by atoms with Crippen molar-refractivity contribution in [3.8, 4) is 11.5 Å². The number of hydrogen-bond donors (Lipinski definition) is 0. The molecule has 7 heteroatoms. The average molecular weight is 374 g/mol. The highest BCUT2D eigenvalue weighted by Crippen LogP contribution is 2.24. The second-order valence-electron chi connectivity index (χ2n) is 6.13. The number of hydroxylamine groups is 2. The molecule has 1 aromatic heterocycles. The molecule has 0 spiro atoms. The first kappa shape index (κ1) is 17.4. The molecule has 0 bridgehead atoms. The zero-order valence-electron chi connectivity index (χ0n) is 14.8. The van der Waals surface area contributed by atoms with Gasteiger partial charge in [-0.25, -0.2) is 9.78 Å². The lowest BCUT2D eigenvalue weighted by Crippen LogP contribution is -2.32. The zero-order chi connectivity index (χ0) is 19.7. The van der Waals surface area contributed by atoms with Gasteiger partial charge in [0.1, 0.15) is 11.5 Å². The Morgan fingerprint density at radius 2 is 1.61 bits per heavy atom. The van der Waals surface area contributed by atoms with Crippen molar-refractivity contribution in [2.45, 2.75) is 6.92 Å². The fourth-order valence-corrected chi connectivity index (χ4v) is 2.76. The number of nitrogens with zero attached hydrogens (tertiary/aromatic N) is 2. The molecule has 7 nitrogen and oxygen atoms in total. The normalized spacial score (nSPS) is 12.7. The van der Waals surface area contributed by atoms with Crippen LogP contribution < -0.4 is 4.74 Å². The lowest BCUT2D eigenvalue weighted by molar-refractivity contribution is -0.0588. The molecule has 0 N–H and O–H groups in total. The van der Waals surface area contributed by atoms with Crippen LogP contribution in [0.25, 0.3) is 0 Å². The fraction of sp³-hybridized carbons (Fsp3) is 0.0476. The van der Waals surface area contributed by atoms with Gasteiger partial charge in [-0.3, -0.25) is 9.59 Å². The maximum atomic E-state index is 12.3. The first-order valence-corrected chi connectivity index (χ1v) is 8.43. The first-order chi connectivity index (χ1) is 13.5. The highest BCUT2D eigenvalue weighted by molar-refractivity contribution is 6.21. The second-order valence-corrected chi connectivity index (χ2v) is 6.13. The summed E-state index contributed by atoms with van der Waals surface area (Å²) in [6.45, 7) is 1.95. The molecule has 0 saturated heterocycles. The monoisotopic (exact) mass is 374 g/mol. The number of aryl methyl sites for hydroxylation is 1. The number of imide groups is 1. The topological polar surface area (TPSA) is 85.8 Å². The minimum Gasteiger partial charge on any atom is -0.456 e. The Hall–Kier alpha value is -4.00. The van der Waals surface area contributed by atoms with Gasteiger partial charge in [0, 0.05) is 0 Å². The van der Waals surface area contributed by atoms with Gasteiger partial charge in [0.2, 0.25) is 0 Å². The number of pyridine rings is 1. The van der Waals surface area contributed by atoms with Gasteiger partial charge in [0.25, 0.3) is 11.8 Å². The molecule has 3 aromatic rings. The van der Waals surface area contributed by atoms with E-state index in [0.717, 1.165) is 5.56 Å². The summed E-state index contributed by atoms with van der Waals surface area (Å²) in [5, 5.41) is 0.450. The molecule has 0 atom stereocenters. The summed E-state index contributed by atoms with van der Waals surface area (Å²) < 4.78 is 5.67. The smallest absolute Gasteiger partial charge is 0.382 e. The van der Waals surface area contributed by atoms with Gasteiger partial charge in [-0.05, 0) is 48.9 Å². The number of benzene rings is 2. The van der Waals surface area contributed by atoms with E-state index in [-0.39, 0.29) is 16.8 Å². The van der Waals surface area contributed by atoms with Crippen LogP contribution in [0.5, 0.6) is 11.5 Å². The van der Waals surface area contributed by atoms with Crippen LogP contribution in [0.3, 0.4) is 0 Å². The molecular formula is C21H14N2O5. The van der Waals surface area contributed by atoms with Crippen LogP contribution in [-0.2, 0) is 4.84 Å². The summed E-state index contributed by atoms with van der Waals surface area (Å²) in [5.41, 5.74) is 1.37. The van der Waals surface area contributed by atoms with Gasteiger partial charge in [0.15, 0.2) is 5.69 Å². The molecule has 0 unspecified atom stereocenters. The SMILES string of the molecule is Cc1cccc(Oc2ccc(C(=O)ON3C(=O)c4ccccc4C3=O)nc2)c1. The Morgan fingerprint density at radius 1 is 0.893 bits per heavy atom. The molecule has 0 saturated carbocycles. The number of aromatic nitrogens is 1. The van der Waals surface area contributed by atoms with Crippen molar-refractivity contribution >= 4 is 17.8 Å². The van der Waals surface area contributed by atoms with Gasteiger partial charge in [-0.1, -0.05) is 29.3 Å². The summed E-state index contributed by atoms with van der Waals surface area (Å²) in [4.78, 5) is 45.7. The van der Waals surface area contributed by atoms with Crippen molar-refractivity contribution in [3.63, 3.8) is 0 Å². The van der Waals surface area contributed by atoms with E-state index in [4.69, 9.17) is 9.57 Å². The summed E-state index contributed by atoms with van der Waals surface area (Å²) >= 11 is 0. The van der Waals surface area contributed by atoms with Crippen LogP contribution in [0, 0.1) is 6.92 Å². The first-order valence-electron chi connectivity index (χ1n) is 8.43. The second kappa shape index (κ2) is 6.96. The van der Waals surface area contributed by atoms with E-state index in [1.54, 1.807) is 24.3 Å². The lowest BCUT2D eigenvalue weighted by Gasteiger charge is -2.12. The van der Waals surface area contributed by atoms with Crippen molar-refractivity contribution in [1.82, 2.24) is 10.0 Å². The highest BCUT2D eigenvalue weighted by Gasteiger charge is 2.38. The molecular weight excluding hydrogens is 360 g/mol. The number of carbonyl (C=O) groups excluding carboxylic acids is 3. The van der Waals surface area contributed by atoms with E-state index in [9.17, 15) is 14.4 Å². The number of amides is 2. The number of fused-ring (bicyclic) bond motifs is 1. The van der Waals surface area contributed by atoms with Crippen molar-refractivity contribution in [2.24, 2.45) is 0 Å². The number of hydrogen-bond acceptors (Lipinski definition) is 6. The molecule has 138 valence electrons. The summed E-state index contributed by atoms with van der Waals surface area (Å²) in [5.74, 6) is -1.22. The van der Waals surface area contributed by atoms with Gasteiger partial charge in [-0.15, -0.1) is 0 Å². The van der Waals surface area contributed by atoms with Crippen LogP contribution in [0.4, 0.5) is 0 Å². The Labute approximate surface area is 160 Å². The molecule has 2 amide bonds. The van der Waals surface area contributed by atoms with Crippen LogP contribution in [-0.4, -0.2) is 27.8 Å². The number of ether oxygens (including phenoxy) is 1. The van der Waals surface area contributed by atoms with Crippen LogP contribution in [0.1, 0.15) is 36.8 Å². The molecule has 2 heterocycles. The van der Waals surface area contributed by atoms with E-state index in [1.165, 1.54) is 24.4 Å². The third-order valence-electron chi connectivity index (χ3n) is 4.10. The van der Waals surface area contributed by atoms with E-state index >= 15 is 0 Å². The molecule has 1 aliphatic heterocycles. The van der Waals surface area contributed by atoms with Gasteiger partial charge in [-0.2, -0.15) is 0 Å². The largest absolute Gasteiger partial charge is 0.456 e. The van der Waals surface area contributed by atoms with E-state index in [0.29, 0.717) is 16.6 Å². The van der Waals surface area contributed by atoms with Crippen molar-refractivity contribution < 1.29 is 24.0 Å². The summed E-state index contributed by atoms with van der Waals surface area (Å²) in [7, 11) is 0. The summed E-state index contributed by atoms with van der Waals surface area (Å²) in [6.07, 6.45) is 1.36. The Morgan fingerprint density at radius 3 is 2.21 bits per heavy atom. The fourth-order valence-electron chi connectivity index (χ4n) is 2.76. The molecule has 0 radical (unpaired) electrons. The zero-order valence-corrected chi connectivity index (χ0v) is 14.8. The Kier molecular flexibility index (Phi) is 4.33. The number of carbonyl (C=O) groups is 3. The average Bonchev–Trinajstić information content (AvgIpc) is 2.94. The predicted molar refractivity (Wildman–Crippen MR) is 97.8 cm³/mol. The summed E-state index contributed by atoms with van der Waals surface area (Å²) in [6, 6.07) is 16.7. The molecule has 0 fully saturated rings. The third kappa shape index (κ3) is 3.21. The van der Waals surface area contributed by atoms with Crippen molar-refractivity contribution in [1.29, 1.82) is 0 Å².